The Morgan fingerprint density at radius 2 is 2.15 bits per heavy atom. The van der Waals surface area contributed by atoms with Crippen molar-refractivity contribution < 1.29 is 9.47 Å². The fourth-order valence-corrected chi connectivity index (χ4v) is 3.20. The summed E-state index contributed by atoms with van der Waals surface area (Å²) in [6, 6.07) is 8.56. The fraction of sp³-hybridized carbons (Fsp3) is 0.438. The second kappa shape index (κ2) is 4.79. The third kappa shape index (κ3) is 1.91. The number of hydrogen-bond acceptors (Lipinski definition) is 3. The normalized spacial score (nSPS) is 22.9. The lowest BCUT2D eigenvalue weighted by Gasteiger charge is -2.33. The molecule has 1 aromatic heterocycles. The Labute approximate surface area is 118 Å². The van der Waals surface area contributed by atoms with Crippen LogP contribution < -0.4 is 4.74 Å². The highest BCUT2D eigenvalue weighted by Crippen LogP contribution is 2.37. The van der Waals surface area contributed by atoms with E-state index in [2.05, 4.69) is 35.1 Å². The highest BCUT2D eigenvalue weighted by atomic mass is 16.5. The van der Waals surface area contributed by atoms with Crippen LogP contribution in [0.3, 0.4) is 0 Å². The molecule has 0 aliphatic carbocycles. The number of rotatable bonds is 2. The molecule has 1 atom stereocenters. The van der Waals surface area contributed by atoms with Gasteiger partial charge in [0.15, 0.2) is 0 Å². The number of ether oxygens (including phenoxy) is 2. The standard InChI is InChI=1S/C16H18N2O2/c1-12-9-13-3-2-4-15-16(13)18(12)14(11-20-15)10-17-5-7-19-8-6-17/h2-4,9,14H,5-8,10H2,1H3/t14-/m1/s1. The Bertz CT molecular complexity index is 629. The maximum Gasteiger partial charge on any atom is 0.222 e. The zero-order chi connectivity index (χ0) is 13.5. The number of benzene rings is 1. The van der Waals surface area contributed by atoms with Gasteiger partial charge in [0, 0.05) is 30.7 Å². The first kappa shape index (κ1) is 12.2. The molecule has 20 heavy (non-hydrogen) atoms. The van der Waals surface area contributed by atoms with Gasteiger partial charge in [0.2, 0.25) is 6.61 Å². The van der Waals surface area contributed by atoms with Gasteiger partial charge in [-0.1, -0.05) is 12.1 Å². The second-order valence-electron chi connectivity index (χ2n) is 5.50. The molecular formula is C16H18N2O2. The molecule has 1 saturated heterocycles. The van der Waals surface area contributed by atoms with Crippen LogP contribution in [0.2, 0.25) is 0 Å². The van der Waals surface area contributed by atoms with E-state index in [4.69, 9.17) is 9.47 Å². The molecule has 4 heteroatoms. The van der Waals surface area contributed by atoms with Crippen molar-refractivity contribution in [1.82, 2.24) is 9.47 Å². The minimum absolute atomic E-state index is 0.153. The van der Waals surface area contributed by atoms with Crippen molar-refractivity contribution in [1.29, 1.82) is 0 Å². The first-order chi connectivity index (χ1) is 9.83. The summed E-state index contributed by atoms with van der Waals surface area (Å²) in [5.74, 6) is 0.911. The van der Waals surface area contributed by atoms with Gasteiger partial charge in [-0.05, 0) is 19.1 Å². The first-order valence-corrected chi connectivity index (χ1v) is 7.16. The average molecular weight is 270 g/mol. The predicted octanol–water partition coefficient (Wildman–Crippen LogP) is 2.25. The molecule has 104 valence electrons. The van der Waals surface area contributed by atoms with Crippen LogP contribution in [-0.4, -0.2) is 42.3 Å². The smallest absolute Gasteiger partial charge is 0.222 e. The molecule has 4 rings (SSSR count). The van der Waals surface area contributed by atoms with Gasteiger partial charge in [0.25, 0.3) is 0 Å². The van der Waals surface area contributed by atoms with Gasteiger partial charge in [-0.25, -0.2) is 0 Å². The van der Waals surface area contributed by atoms with E-state index in [1.165, 1.54) is 16.6 Å². The number of morpholine rings is 1. The maximum atomic E-state index is 5.73. The summed E-state index contributed by atoms with van der Waals surface area (Å²) in [4.78, 5) is 2.42. The minimum Gasteiger partial charge on any atom is -0.474 e. The molecule has 0 saturated carbocycles. The van der Waals surface area contributed by atoms with Crippen molar-refractivity contribution in [2.45, 2.75) is 13.0 Å². The number of aryl methyl sites for hydroxylation is 1. The summed E-state index contributed by atoms with van der Waals surface area (Å²) in [5.41, 5.74) is 2.46. The lowest BCUT2D eigenvalue weighted by atomic mass is 10.2. The van der Waals surface area contributed by atoms with Gasteiger partial charge >= 0.3 is 0 Å². The van der Waals surface area contributed by atoms with Crippen molar-refractivity contribution in [3.63, 3.8) is 0 Å². The van der Waals surface area contributed by atoms with Crippen molar-refractivity contribution >= 4 is 10.9 Å². The van der Waals surface area contributed by atoms with Crippen LogP contribution in [0.4, 0.5) is 0 Å². The Kier molecular flexibility index (Phi) is 2.93. The maximum absolute atomic E-state index is 5.73. The van der Waals surface area contributed by atoms with Crippen LogP contribution in [0.15, 0.2) is 24.3 Å². The van der Waals surface area contributed by atoms with Crippen molar-refractivity contribution in [2.75, 3.05) is 32.8 Å². The Hall–Kier alpha value is -1.52. The van der Waals surface area contributed by atoms with E-state index in [-0.39, 0.29) is 6.04 Å². The highest BCUT2D eigenvalue weighted by molar-refractivity contribution is 5.87. The first-order valence-electron chi connectivity index (χ1n) is 7.16. The molecule has 1 fully saturated rings. The molecule has 0 spiro atoms. The van der Waals surface area contributed by atoms with Gasteiger partial charge in [-0.3, -0.25) is 4.90 Å². The molecule has 2 aliphatic heterocycles. The Balaban J connectivity index is 1.69. The van der Waals surface area contributed by atoms with E-state index in [0.717, 1.165) is 38.6 Å². The molecule has 0 amide bonds. The summed E-state index contributed by atoms with van der Waals surface area (Å²) in [7, 11) is 0. The van der Waals surface area contributed by atoms with E-state index in [0.29, 0.717) is 0 Å². The van der Waals surface area contributed by atoms with Crippen molar-refractivity contribution in [3.05, 3.63) is 36.6 Å². The van der Waals surface area contributed by atoms with Gasteiger partial charge in [-0.2, -0.15) is 0 Å². The van der Waals surface area contributed by atoms with E-state index >= 15 is 0 Å². The van der Waals surface area contributed by atoms with Crippen LogP contribution in [-0.2, 0) is 4.74 Å². The molecule has 0 N–H and O–H groups in total. The molecule has 1 aromatic carbocycles. The topological polar surface area (TPSA) is 26.6 Å². The van der Waals surface area contributed by atoms with Crippen LogP contribution in [0.1, 0.15) is 11.7 Å². The van der Waals surface area contributed by atoms with Crippen molar-refractivity contribution in [3.8, 4) is 5.75 Å². The van der Waals surface area contributed by atoms with Gasteiger partial charge < -0.3 is 14.0 Å². The molecule has 2 radical (unpaired) electrons. The lowest BCUT2D eigenvalue weighted by Crippen LogP contribution is -2.41. The zero-order valence-corrected chi connectivity index (χ0v) is 11.6. The van der Waals surface area contributed by atoms with Crippen LogP contribution in [0.25, 0.3) is 10.9 Å². The quantitative estimate of drug-likeness (QED) is 0.837. The fourth-order valence-electron chi connectivity index (χ4n) is 3.20. The minimum atomic E-state index is 0.153. The van der Waals surface area contributed by atoms with Gasteiger partial charge in [0.05, 0.1) is 24.8 Å². The summed E-state index contributed by atoms with van der Waals surface area (Å²) < 4.78 is 13.5. The van der Waals surface area contributed by atoms with Gasteiger partial charge in [0.1, 0.15) is 5.75 Å². The number of para-hydroxylation sites is 1. The molecular weight excluding hydrogens is 252 g/mol. The van der Waals surface area contributed by atoms with Crippen LogP contribution in [0.5, 0.6) is 5.75 Å². The lowest BCUT2D eigenvalue weighted by molar-refractivity contribution is 0.0307. The number of hydrogen-bond donors (Lipinski definition) is 0. The van der Waals surface area contributed by atoms with E-state index in [9.17, 15) is 0 Å². The summed E-state index contributed by atoms with van der Waals surface area (Å²) >= 11 is 0. The molecule has 3 heterocycles. The zero-order valence-electron chi connectivity index (χ0n) is 11.6. The van der Waals surface area contributed by atoms with Crippen LogP contribution >= 0.6 is 0 Å². The number of nitrogens with zero attached hydrogens (tertiary/aromatic N) is 2. The SMILES string of the molecule is Cc1cc2cccc3c2n1[C@H](CN1CCOCC1)[C]O3. The summed E-state index contributed by atoms with van der Waals surface area (Å²) in [6.45, 7) is 9.90. The second-order valence-corrected chi connectivity index (χ2v) is 5.50. The van der Waals surface area contributed by atoms with E-state index in [1.54, 1.807) is 0 Å². The predicted molar refractivity (Wildman–Crippen MR) is 76.8 cm³/mol. The largest absolute Gasteiger partial charge is 0.474 e. The highest BCUT2D eigenvalue weighted by Gasteiger charge is 2.27. The van der Waals surface area contributed by atoms with Crippen molar-refractivity contribution in [2.24, 2.45) is 0 Å². The summed E-state index contributed by atoms with van der Waals surface area (Å²) in [6.07, 6.45) is 0. The van der Waals surface area contributed by atoms with Gasteiger partial charge in [-0.15, -0.1) is 0 Å². The molecule has 0 unspecified atom stereocenters. The monoisotopic (exact) mass is 270 g/mol. The summed E-state index contributed by atoms with van der Waals surface area (Å²) in [5, 5.41) is 1.24. The average Bonchev–Trinajstić information content (AvgIpc) is 2.82. The molecule has 2 aliphatic rings. The Morgan fingerprint density at radius 1 is 1.30 bits per heavy atom. The molecule has 0 bridgehead atoms. The molecule has 2 aromatic rings. The molecule has 4 nitrogen and oxygen atoms in total. The van der Waals surface area contributed by atoms with Crippen LogP contribution in [0, 0.1) is 13.5 Å². The Morgan fingerprint density at radius 3 is 3.00 bits per heavy atom. The number of aromatic nitrogens is 1. The van der Waals surface area contributed by atoms with E-state index < -0.39 is 0 Å². The third-order valence-electron chi connectivity index (χ3n) is 4.17. The third-order valence-corrected chi connectivity index (χ3v) is 4.17. The van der Waals surface area contributed by atoms with E-state index in [1.807, 2.05) is 12.1 Å².